The molecule has 5 atom stereocenters. The van der Waals surface area contributed by atoms with Crippen molar-refractivity contribution in [2.24, 2.45) is 16.7 Å². The predicted octanol–water partition coefficient (Wildman–Crippen LogP) is 5.69. The van der Waals surface area contributed by atoms with E-state index < -0.39 is 0 Å². The fourth-order valence-electron chi connectivity index (χ4n) is 5.50. The Morgan fingerprint density at radius 1 is 1.14 bits per heavy atom. The van der Waals surface area contributed by atoms with Gasteiger partial charge in [-0.15, -0.1) is 0 Å². The van der Waals surface area contributed by atoms with E-state index in [4.69, 9.17) is 0 Å². The zero-order valence-electron chi connectivity index (χ0n) is 18.7. The molecule has 160 valence electrons. The van der Waals surface area contributed by atoms with Crippen LogP contribution in [-0.2, 0) is 4.79 Å². The van der Waals surface area contributed by atoms with E-state index in [1.807, 2.05) is 30.3 Å². The van der Waals surface area contributed by atoms with Crippen LogP contribution in [0.4, 0.5) is 0 Å². The molecule has 0 spiro atoms. The average molecular weight is 463 g/mol. The molecule has 0 aromatic heterocycles. The number of Topliss-reactive ketones (excluding diaryl/α,β-unsaturated/α-hetero) is 1. The van der Waals surface area contributed by atoms with Gasteiger partial charge in [-0.2, -0.15) is 0 Å². The standard InChI is InChI=1S/C25H37NO2Se/c1-6-11-19(26-23(28)17-13-9-8-10-14-17)20(12-7-2)29-21-18-15-16-25(5,22(21)27)24(18,3)4/h8-10,13-14,18-21H,6-7,11-12,15-16H2,1-5H3,(H,26,28)/t18-,19-,20+,21+,25+/m1/s1. The van der Waals surface area contributed by atoms with Crippen LogP contribution in [0, 0.1) is 16.7 Å². The second kappa shape index (κ2) is 8.94. The number of rotatable bonds is 9. The molecule has 4 heteroatoms. The van der Waals surface area contributed by atoms with Gasteiger partial charge in [0.15, 0.2) is 0 Å². The van der Waals surface area contributed by atoms with E-state index in [0.717, 1.165) is 37.7 Å². The SMILES string of the molecule is CCC[C@H]([Se][C@@H]1C(=O)[C@]2(C)CC[C@H]1C2(C)C)[C@@H](CCC)NC(=O)c1ccccc1. The van der Waals surface area contributed by atoms with Crippen LogP contribution in [0.5, 0.6) is 0 Å². The maximum atomic E-state index is 13.4. The molecule has 1 N–H and O–H groups in total. The summed E-state index contributed by atoms with van der Waals surface area (Å²) in [5.74, 6) is 1.06. The summed E-state index contributed by atoms with van der Waals surface area (Å²) >= 11 is 0.219. The van der Waals surface area contributed by atoms with Crippen LogP contribution in [0.2, 0.25) is 9.63 Å². The molecule has 0 heterocycles. The third kappa shape index (κ3) is 4.08. The van der Waals surface area contributed by atoms with Gasteiger partial charge in [0.05, 0.1) is 0 Å². The molecule has 2 bridgehead atoms. The van der Waals surface area contributed by atoms with Crippen LogP contribution in [0.15, 0.2) is 30.3 Å². The number of carbonyl (C=O) groups excluding carboxylic acids is 2. The van der Waals surface area contributed by atoms with Crippen molar-refractivity contribution < 1.29 is 9.59 Å². The molecule has 0 saturated heterocycles. The first-order valence-corrected chi connectivity index (χ1v) is 13.3. The molecular formula is C25H37NO2Se. The number of fused-ring (bicyclic) bond motifs is 2. The van der Waals surface area contributed by atoms with E-state index in [9.17, 15) is 9.59 Å². The normalized spacial score (nSPS) is 29.6. The van der Waals surface area contributed by atoms with Crippen molar-refractivity contribution in [3.05, 3.63) is 35.9 Å². The van der Waals surface area contributed by atoms with Crippen LogP contribution in [-0.4, -0.2) is 32.7 Å². The summed E-state index contributed by atoms with van der Waals surface area (Å²) in [5, 5.41) is 3.35. The van der Waals surface area contributed by atoms with Crippen LogP contribution < -0.4 is 5.32 Å². The van der Waals surface area contributed by atoms with Crippen molar-refractivity contribution in [1.29, 1.82) is 0 Å². The molecular weight excluding hydrogens is 425 g/mol. The second-order valence-electron chi connectivity index (χ2n) is 9.68. The van der Waals surface area contributed by atoms with Crippen molar-refractivity contribution in [3.8, 4) is 0 Å². The summed E-state index contributed by atoms with van der Waals surface area (Å²) in [6.07, 6.45) is 6.46. The molecule has 1 aromatic rings. The van der Waals surface area contributed by atoms with Gasteiger partial charge in [0.2, 0.25) is 0 Å². The topological polar surface area (TPSA) is 46.2 Å². The third-order valence-electron chi connectivity index (χ3n) is 7.77. The summed E-state index contributed by atoms with van der Waals surface area (Å²) in [4.78, 5) is 26.9. The van der Waals surface area contributed by atoms with Gasteiger partial charge >= 0.3 is 183 Å². The number of carbonyl (C=O) groups is 2. The van der Waals surface area contributed by atoms with E-state index in [0.29, 0.717) is 16.5 Å². The van der Waals surface area contributed by atoms with Gasteiger partial charge in [-0.05, 0) is 0 Å². The van der Waals surface area contributed by atoms with Crippen molar-refractivity contribution in [2.75, 3.05) is 0 Å². The van der Waals surface area contributed by atoms with Crippen LogP contribution in [0.1, 0.15) is 83.5 Å². The van der Waals surface area contributed by atoms with Gasteiger partial charge < -0.3 is 0 Å². The Morgan fingerprint density at radius 3 is 2.34 bits per heavy atom. The van der Waals surface area contributed by atoms with Crippen molar-refractivity contribution >= 4 is 26.6 Å². The summed E-state index contributed by atoms with van der Waals surface area (Å²) in [5.41, 5.74) is 0.691. The van der Waals surface area contributed by atoms with E-state index in [-0.39, 0.29) is 42.6 Å². The van der Waals surface area contributed by atoms with Crippen molar-refractivity contribution in [2.45, 2.75) is 88.8 Å². The third-order valence-corrected chi connectivity index (χ3v) is 11.4. The Morgan fingerprint density at radius 2 is 1.79 bits per heavy atom. The molecule has 0 aliphatic heterocycles. The molecule has 2 aliphatic carbocycles. The zero-order chi connectivity index (χ0) is 21.2. The van der Waals surface area contributed by atoms with Crippen LogP contribution in [0.25, 0.3) is 0 Å². The Labute approximate surface area is 183 Å². The predicted molar refractivity (Wildman–Crippen MR) is 120 cm³/mol. The number of benzene rings is 1. The minimum absolute atomic E-state index is 0.0208. The minimum atomic E-state index is -0.144. The number of amides is 1. The summed E-state index contributed by atoms with van der Waals surface area (Å²) < 4.78 is 0. The first kappa shape index (κ1) is 22.6. The van der Waals surface area contributed by atoms with Crippen LogP contribution in [0.3, 0.4) is 0 Å². The maximum absolute atomic E-state index is 13.4. The first-order chi connectivity index (χ1) is 13.8. The fourth-order valence-corrected chi connectivity index (χ4v) is 10.1. The van der Waals surface area contributed by atoms with Crippen LogP contribution >= 0.6 is 0 Å². The number of ketones is 1. The molecule has 1 aromatic carbocycles. The van der Waals surface area contributed by atoms with Gasteiger partial charge in [-0.3, -0.25) is 0 Å². The van der Waals surface area contributed by atoms with Gasteiger partial charge in [-0.1, -0.05) is 0 Å². The summed E-state index contributed by atoms with van der Waals surface area (Å²) in [6, 6.07) is 9.67. The number of nitrogens with one attached hydrogen (secondary N) is 1. The van der Waals surface area contributed by atoms with E-state index in [1.165, 1.54) is 6.42 Å². The summed E-state index contributed by atoms with van der Waals surface area (Å²) in [6.45, 7) is 11.2. The zero-order valence-corrected chi connectivity index (χ0v) is 20.4. The molecule has 1 amide bonds. The number of hydrogen-bond donors (Lipinski definition) is 1. The molecule has 2 saturated carbocycles. The van der Waals surface area contributed by atoms with Gasteiger partial charge in [0.1, 0.15) is 0 Å². The monoisotopic (exact) mass is 463 g/mol. The number of hydrogen-bond acceptors (Lipinski definition) is 2. The van der Waals surface area contributed by atoms with Crippen molar-refractivity contribution in [1.82, 2.24) is 5.32 Å². The van der Waals surface area contributed by atoms with Crippen molar-refractivity contribution in [3.63, 3.8) is 0 Å². The van der Waals surface area contributed by atoms with Gasteiger partial charge in [0, 0.05) is 0 Å². The first-order valence-electron chi connectivity index (χ1n) is 11.3. The second-order valence-corrected chi connectivity index (χ2v) is 12.6. The van der Waals surface area contributed by atoms with E-state index >= 15 is 0 Å². The fraction of sp³-hybridized carbons (Fsp3) is 0.680. The molecule has 3 nitrogen and oxygen atoms in total. The van der Waals surface area contributed by atoms with E-state index in [1.54, 1.807) is 0 Å². The molecule has 0 unspecified atom stereocenters. The van der Waals surface area contributed by atoms with Gasteiger partial charge in [-0.25, -0.2) is 0 Å². The Bertz CT molecular complexity index is 732. The molecule has 29 heavy (non-hydrogen) atoms. The molecule has 0 radical (unpaired) electrons. The Kier molecular flexibility index (Phi) is 6.95. The Hall–Kier alpha value is -1.12. The Balaban J connectivity index is 1.78. The summed E-state index contributed by atoms with van der Waals surface area (Å²) in [7, 11) is 0. The van der Waals surface area contributed by atoms with E-state index in [2.05, 4.69) is 39.9 Å². The average Bonchev–Trinajstić information content (AvgIpc) is 3.01. The molecule has 3 rings (SSSR count). The van der Waals surface area contributed by atoms with Gasteiger partial charge in [0.25, 0.3) is 0 Å². The molecule has 2 fully saturated rings. The molecule has 2 aliphatic rings. The quantitative estimate of drug-likeness (QED) is 0.479.